The lowest BCUT2D eigenvalue weighted by Crippen LogP contribution is -2.44. The van der Waals surface area contributed by atoms with Crippen molar-refractivity contribution in [2.75, 3.05) is 26.2 Å². The first kappa shape index (κ1) is 18.2. The maximum atomic E-state index is 13.4. The molecule has 0 amide bonds. The van der Waals surface area contributed by atoms with Gasteiger partial charge in [0.15, 0.2) is 11.6 Å². The van der Waals surface area contributed by atoms with E-state index in [1.165, 1.54) is 12.5 Å². The van der Waals surface area contributed by atoms with Crippen molar-refractivity contribution in [2.45, 2.75) is 26.4 Å². The highest BCUT2D eigenvalue weighted by Crippen LogP contribution is 2.21. The number of hydrogen-bond donors (Lipinski definition) is 1. The molecular formula is C16H25ClFNO2. The van der Waals surface area contributed by atoms with Gasteiger partial charge in [-0.2, -0.15) is 0 Å². The van der Waals surface area contributed by atoms with Crippen LogP contribution in [0.3, 0.4) is 0 Å². The van der Waals surface area contributed by atoms with Gasteiger partial charge in [0.25, 0.3) is 0 Å². The molecule has 120 valence electrons. The first-order chi connectivity index (χ1) is 9.54. The Balaban J connectivity index is 0.00000220. The van der Waals surface area contributed by atoms with Crippen LogP contribution in [0.2, 0.25) is 0 Å². The Morgan fingerprint density at radius 2 is 1.90 bits per heavy atom. The van der Waals surface area contributed by atoms with Crippen molar-refractivity contribution >= 4 is 12.4 Å². The van der Waals surface area contributed by atoms with E-state index in [2.05, 4.69) is 18.7 Å². The second kappa shape index (κ2) is 8.57. The fraction of sp³-hybridized carbons (Fsp3) is 0.625. The van der Waals surface area contributed by atoms with Crippen LogP contribution in [0.15, 0.2) is 24.3 Å². The summed E-state index contributed by atoms with van der Waals surface area (Å²) < 4.78 is 18.7. The van der Waals surface area contributed by atoms with Gasteiger partial charge in [0.1, 0.15) is 12.7 Å². The molecule has 1 aromatic rings. The average molecular weight is 318 g/mol. The molecule has 0 aliphatic carbocycles. The molecule has 0 saturated carbocycles. The van der Waals surface area contributed by atoms with E-state index < -0.39 is 6.10 Å². The monoisotopic (exact) mass is 317 g/mol. The predicted octanol–water partition coefficient (Wildman–Crippen LogP) is 2.97. The second-order valence-corrected chi connectivity index (χ2v) is 6.06. The maximum Gasteiger partial charge on any atom is 0.165 e. The first-order valence-electron chi connectivity index (χ1n) is 7.32. The summed E-state index contributed by atoms with van der Waals surface area (Å²) in [5, 5.41) is 10.0. The van der Waals surface area contributed by atoms with Crippen LogP contribution in [0.25, 0.3) is 0 Å². The molecule has 0 bridgehead atoms. The van der Waals surface area contributed by atoms with E-state index in [4.69, 9.17) is 4.74 Å². The zero-order chi connectivity index (χ0) is 14.5. The van der Waals surface area contributed by atoms with Crippen molar-refractivity contribution < 1.29 is 14.2 Å². The third-order valence-electron chi connectivity index (χ3n) is 3.68. The number of hydrogen-bond acceptors (Lipinski definition) is 3. The summed E-state index contributed by atoms with van der Waals surface area (Å²) in [7, 11) is 0. The third kappa shape index (κ3) is 5.81. The molecule has 2 rings (SSSR count). The molecule has 3 atom stereocenters. The highest BCUT2D eigenvalue weighted by atomic mass is 35.5. The van der Waals surface area contributed by atoms with E-state index in [9.17, 15) is 9.50 Å². The summed E-state index contributed by atoms with van der Waals surface area (Å²) >= 11 is 0. The molecule has 1 saturated heterocycles. The highest BCUT2D eigenvalue weighted by molar-refractivity contribution is 5.85. The quantitative estimate of drug-likeness (QED) is 0.906. The molecule has 5 heteroatoms. The van der Waals surface area contributed by atoms with Gasteiger partial charge in [-0.25, -0.2) is 4.39 Å². The molecule has 3 unspecified atom stereocenters. The van der Waals surface area contributed by atoms with Crippen molar-refractivity contribution in [1.82, 2.24) is 4.90 Å². The Bertz CT molecular complexity index is 422. The normalized spacial score (nSPS) is 24.2. The van der Waals surface area contributed by atoms with Crippen LogP contribution < -0.4 is 4.74 Å². The molecule has 3 nitrogen and oxygen atoms in total. The Morgan fingerprint density at radius 1 is 1.29 bits per heavy atom. The summed E-state index contributed by atoms with van der Waals surface area (Å²) in [4.78, 5) is 2.27. The average Bonchev–Trinajstić information content (AvgIpc) is 2.36. The van der Waals surface area contributed by atoms with Gasteiger partial charge in [-0.15, -0.1) is 12.4 Å². The molecule has 1 aromatic carbocycles. The van der Waals surface area contributed by atoms with E-state index in [-0.39, 0.29) is 30.6 Å². The minimum Gasteiger partial charge on any atom is -0.488 e. The number of ether oxygens (including phenoxy) is 1. The first-order valence-corrected chi connectivity index (χ1v) is 7.32. The van der Waals surface area contributed by atoms with Crippen molar-refractivity contribution in [3.63, 3.8) is 0 Å². The number of halogens is 2. The van der Waals surface area contributed by atoms with Crippen molar-refractivity contribution in [2.24, 2.45) is 11.8 Å². The highest BCUT2D eigenvalue weighted by Gasteiger charge is 2.23. The van der Waals surface area contributed by atoms with Crippen LogP contribution in [0.4, 0.5) is 4.39 Å². The van der Waals surface area contributed by atoms with Gasteiger partial charge in [0.2, 0.25) is 0 Å². The van der Waals surface area contributed by atoms with Crippen LogP contribution >= 0.6 is 12.4 Å². The van der Waals surface area contributed by atoms with Crippen LogP contribution in [-0.4, -0.2) is 42.4 Å². The smallest absolute Gasteiger partial charge is 0.165 e. The maximum absolute atomic E-state index is 13.4. The molecule has 1 heterocycles. The third-order valence-corrected chi connectivity index (χ3v) is 3.68. The summed E-state index contributed by atoms with van der Waals surface area (Å²) in [6.07, 6.45) is 0.658. The van der Waals surface area contributed by atoms with Crippen LogP contribution in [0.1, 0.15) is 20.3 Å². The number of piperidine rings is 1. The van der Waals surface area contributed by atoms with E-state index in [1.807, 2.05) is 0 Å². The van der Waals surface area contributed by atoms with E-state index in [0.717, 1.165) is 13.1 Å². The van der Waals surface area contributed by atoms with Gasteiger partial charge in [-0.3, -0.25) is 0 Å². The summed E-state index contributed by atoms with van der Waals surface area (Å²) in [5.74, 6) is 1.14. The Hall–Kier alpha value is -0.840. The standard InChI is InChI=1S/C16H24FNO2.ClH/c1-12-7-13(2)9-18(8-12)10-14(19)11-20-16-6-4-3-5-15(16)17;/h3-6,12-14,19H,7-11H2,1-2H3;1H. The zero-order valence-electron chi connectivity index (χ0n) is 12.7. The SMILES string of the molecule is CC1CC(C)CN(CC(O)COc2ccccc2F)C1.Cl. The molecule has 1 N–H and O–H groups in total. The summed E-state index contributed by atoms with van der Waals surface area (Å²) in [6.45, 7) is 7.22. The molecule has 1 aliphatic rings. The minimum atomic E-state index is -0.591. The number of para-hydroxylation sites is 1. The van der Waals surface area contributed by atoms with Crippen LogP contribution in [0.5, 0.6) is 5.75 Å². The lowest BCUT2D eigenvalue weighted by Gasteiger charge is -2.35. The number of aliphatic hydroxyl groups is 1. The topological polar surface area (TPSA) is 32.7 Å². The van der Waals surface area contributed by atoms with Gasteiger partial charge in [0, 0.05) is 19.6 Å². The Labute approximate surface area is 132 Å². The molecule has 1 aliphatic heterocycles. The number of benzene rings is 1. The Kier molecular flexibility index (Phi) is 7.43. The zero-order valence-corrected chi connectivity index (χ0v) is 13.5. The van der Waals surface area contributed by atoms with E-state index in [0.29, 0.717) is 18.4 Å². The van der Waals surface area contributed by atoms with E-state index in [1.54, 1.807) is 18.2 Å². The molecule has 0 radical (unpaired) electrons. The Morgan fingerprint density at radius 3 is 2.52 bits per heavy atom. The summed E-state index contributed by atoms with van der Waals surface area (Å²) in [5.41, 5.74) is 0. The number of β-amino-alcohol motifs (C(OH)–C–C–N with tert-alkyl or cyclic N) is 1. The van der Waals surface area contributed by atoms with Gasteiger partial charge in [-0.1, -0.05) is 26.0 Å². The fourth-order valence-corrected chi connectivity index (χ4v) is 3.04. The number of aliphatic hydroxyl groups excluding tert-OH is 1. The molecule has 0 aromatic heterocycles. The number of likely N-dealkylation sites (tertiary alicyclic amines) is 1. The van der Waals surface area contributed by atoms with Gasteiger partial charge in [-0.05, 0) is 30.4 Å². The molecule has 21 heavy (non-hydrogen) atoms. The fourth-order valence-electron chi connectivity index (χ4n) is 3.04. The van der Waals surface area contributed by atoms with Gasteiger partial charge < -0.3 is 14.7 Å². The summed E-state index contributed by atoms with van der Waals surface area (Å²) in [6, 6.07) is 6.27. The van der Waals surface area contributed by atoms with Crippen molar-refractivity contribution in [3.05, 3.63) is 30.1 Å². The number of rotatable bonds is 5. The minimum absolute atomic E-state index is 0. The van der Waals surface area contributed by atoms with Crippen molar-refractivity contribution in [1.29, 1.82) is 0 Å². The molecule has 1 fully saturated rings. The number of nitrogens with zero attached hydrogens (tertiary/aromatic N) is 1. The lowest BCUT2D eigenvalue weighted by molar-refractivity contribution is 0.0420. The van der Waals surface area contributed by atoms with Crippen LogP contribution in [0, 0.1) is 17.7 Å². The largest absolute Gasteiger partial charge is 0.488 e. The second-order valence-electron chi connectivity index (χ2n) is 6.06. The predicted molar refractivity (Wildman–Crippen MR) is 84.5 cm³/mol. The van der Waals surface area contributed by atoms with Crippen molar-refractivity contribution in [3.8, 4) is 5.75 Å². The van der Waals surface area contributed by atoms with E-state index >= 15 is 0 Å². The van der Waals surface area contributed by atoms with Gasteiger partial charge in [0.05, 0.1) is 0 Å². The molecule has 0 spiro atoms. The lowest BCUT2D eigenvalue weighted by atomic mass is 9.92. The van der Waals surface area contributed by atoms with Crippen LogP contribution in [-0.2, 0) is 0 Å². The van der Waals surface area contributed by atoms with Gasteiger partial charge >= 0.3 is 0 Å². The molecular weight excluding hydrogens is 293 g/mol.